The number of aliphatic carboxylic acids is 1. The van der Waals surface area contributed by atoms with Gasteiger partial charge in [-0.25, -0.2) is 9.59 Å². The molecule has 2 aromatic rings. The van der Waals surface area contributed by atoms with Crippen LogP contribution in [0.15, 0.2) is 48.5 Å². The predicted octanol–water partition coefficient (Wildman–Crippen LogP) is 2.41. The summed E-state index contributed by atoms with van der Waals surface area (Å²) in [7, 11) is 0. The fraction of sp³-hybridized carbons (Fsp3) is 0.452. The molecular weight excluding hydrogens is 556 g/mol. The molecule has 2 aromatic carbocycles. The number of hydrogen-bond acceptors (Lipinski definition) is 7. The Morgan fingerprint density at radius 3 is 2.21 bits per heavy atom. The van der Waals surface area contributed by atoms with Crippen molar-refractivity contribution in [3.8, 4) is 11.5 Å². The molecule has 3 rings (SSSR count). The summed E-state index contributed by atoms with van der Waals surface area (Å²) in [6.07, 6.45) is 0.681. The van der Waals surface area contributed by atoms with Crippen LogP contribution in [0.1, 0.15) is 44.2 Å². The van der Waals surface area contributed by atoms with Crippen molar-refractivity contribution >= 4 is 29.8 Å². The number of piperidine rings is 1. The van der Waals surface area contributed by atoms with Crippen LogP contribution in [0, 0.1) is 18.8 Å². The number of nitrogens with two attached hydrogens (primary N) is 1. The molecule has 1 heterocycles. The quantitative estimate of drug-likeness (QED) is 0.272. The van der Waals surface area contributed by atoms with Crippen LogP contribution in [0.2, 0.25) is 0 Å². The van der Waals surface area contributed by atoms with Gasteiger partial charge in [0.25, 0.3) is 5.91 Å². The summed E-state index contributed by atoms with van der Waals surface area (Å²) in [5, 5.41) is 15.0. The molecule has 0 saturated carbocycles. The smallest absolute Gasteiger partial charge is 0.415 e. The third-order valence-corrected chi connectivity index (χ3v) is 7.15. The number of carboxylic acids is 1. The lowest BCUT2D eigenvalue weighted by Gasteiger charge is -2.29. The molecule has 4 amide bonds. The second-order valence-corrected chi connectivity index (χ2v) is 11.1. The summed E-state index contributed by atoms with van der Waals surface area (Å²) in [5.41, 5.74) is 6.79. The first-order valence-electron chi connectivity index (χ1n) is 14.3. The highest BCUT2D eigenvalue weighted by molar-refractivity contribution is 5.90. The molecule has 1 aliphatic heterocycles. The van der Waals surface area contributed by atoms with Gasteiger partial charge in [0.2, 0.25) is 11.8 Å². The molecular formula is C31H40N4O8. The summed E-state index contributed by atoms with van der Waals surface area (Å²) in [4.78, 5) is 63.1. The van der Waals surface area contributed by atoms with Gasteiger partial charge in [0.15, 0.2) is 6.61 Å². The van der Waals surface area contributed by atoms with Crippen molar-refractivity contribution in [3.63, 3.8) is 0 Å². The number of para-hydroxylation sites is 1. The molecule has 2 unspecified atom stereocenters. The van der Waals surface area contributed by atoms with Crippen LogP contribution in [-0.2, 0) is 25.6 Å². The summed E-state index contributed by atoms with van der Waals surface area (Å²) in [6.45, 7) is 6.07. The first kappa shape index (κ1) is 32.9. The van der Waals surface area contributed by atoms with E-state index >= 15 is 0 Å². The lowest BCUT2D eigenvalue weighted by atomic mass is 9.97. The highest BCUT2D eigenvalue weighted by Gasteiger charge is 2.29. The fourth-order valence-corrected chi connectivity index (χ4v) is 4.71. The first-order valence-corrected chi connectivity index (χ1v) is 14.3. The van der Waals surface area contributed by atoms with Crippen LogP contribution < -0.4 is 25.8 Å². The Bertz CT molecular complexity index is 1290. The third-order valence-electron chi connectivity index (χ3n) is 7.15. The number of carbonyl (C=O) groups is 5. The molecule has 0 spiro atoms. The Morgan fingerprint density at radius 1 is 0.977 bits per heavy atom. The number of hydrogen-bond donors (Lipinski definition) is 4. The molecule has 1 saturated heterocycles. The SMILES string of the molecule is Cc1ccccc1OCC(=O)NC(CC(C)C)C(=O)NC(Cc1ccc(OC(=O)N2CCC(C(N)=O)CC2)cc1)C(=O)O. The maximum atomic E-state index is 13.1. The zero-order valence-electron chi connectivity index (χ0n) is 24.7. The highest BCUT2D eigenvalue weighted by Crippen LogP contribution is 2.20. The number of benzene rings is 2. The van der Waals surface area contributed by atoms with E-state index in [-0.39, 0.29) is 36.5 Å². The molecule has 232 valence electrons. The average Bonchev–Trinajstić information content (AvgIpc) is 2.96. The number of nitrogens with one attached hydrogen (secondary N) is 2. The van der Waals surface area contributed by atoms with E-state index in [9.17, 15) is 29.1 Å². The predicted molar refractivity (Wildman–Crippen MR) is 157 cm³/mol. The number of carboxylic acid groups (broad SMARTS) is 1. The van der Waals surface area contributed by atoms with Crippen molar-refractivity contribution in [2.75, 3.05) is 19.7 Å². The van der Waals surface area contributed by atoms with Gasteiger partial charge >= 0.3 is 12.1 Å². The molecule has 1 fully saturated rings. The lowest BCUT2D eigenvalue weighted by Crippen LogP contribution is -2.53. The van der Waals surface area contributed by atoms with Crippen LogP contribution >= 0.6 is 0 Å². The summed E-state index contributed by atoms with van der Waals surface area (Å²) >= 11 is 0. The van der Waals surface area contributed by atoms with E-state index in [2.05, 4.69) is 10.6 Å². The Balaban J connectivity index is 1.55. The minimum atomic E-state index is -1.26. The number of likely N-dealkylation sites (tertiary alicyclic amines) is 1. The van der Waals surface area contributed by atoms with Gasteiger partial charge in [-0.15, -0.1) is 0 Å². The van der Waals surface area contributed by atoms with Gasteiger partial charge < -0.3 is 35.8 Å². The number of rotatable bonds is 13. The molecule has 5 N–H and O–H groups in total. The second-order valence-electron chi connectivity index (χ2n) is 11.1. The van der Waals surface area contributed by atoms with Gasteiger partial charge in [0.1, 0.15) is 23.6 Å². The number of amides is 4. The zero-order valence-corrected chi connectivity index (χ0v) is 24.7. The maximum Gasteiger partial charge on any atom is 0.415 e. The van der Waals surface area contributed by atoms with Crippen molar-refractivity contribution in [2.45, 2.75) is 58.5 Å². The van der Waals surface area contributed by atoms with E-state index < -0.39 is 36.0 Å². The van der Waals surface area contributed by atoms with Gasteiger partial charge in [-0.2, -0.15) is 0 Å². The van der Waals surface area contributed by atoms with Crippen LogP contribution in [0.5, 0.6) is 11.5 Å². The van der Waals surface area contributed by atoms with Gasteiger partial charge in [-0.05, 0) is 61.4 Å². The summed E-state index contributed by atoms with van der Waals surface area (Å²) < 4.78 is 11.0. The van der Waals surface area contributed by atoms with Gasteiger partial charge in [0.05, 0.1) is 0 Å². The van der Waals surface area contributed by atoms with Crippen molar-refractivity contribution in [1.82, 2.24) is 15.5 Å². The van der Waals surface area contributed by atoms with Gasteiger partial charge in [0, 0.05) is 25.4 Å². The van der Waals surface area contributed by atoms with Crippen LogP contribution in [0.4, 0.5) is 4.79 Å². The minimum absolute atomic E-state index is 0.0331. The Morgan fingerprint density at radius 2 is 1.63 bits per heavy atom. The van der Waals surface area contributed by atoms with Crippen LogP contribution in [0.3, 0.4) is 0 Å². The molecule has 0 aliphatic carbocycles. The van der Waals surface area contributed by atoms with E-state index in [1.165, 1.54) is 4.90 Å². The molecule has 0 bridgehead atoms. The van der Waals surface area contributed by atoms with Crippen LogP contribution in [-0.4, -0.2) is 71.6 Å². The number of carbonyl (C=O) groups excluding carboxylic acids is 4. The fourth-order valence-electron chi connectivity index (χ4n) is 4.71. The average molecular weight is 597 g/mol. The number of ether oxygens (including phenoxy) is 2. The molecule has 0 aromatic heterocycles. The van der Waals surface area contributed by atoms with E-state index in [0.717, 1.165) is 5.56 Å². The molecule has 12 nitrogen and oxygen atoms in total. The standard InChI is InChI=1S/C31H40N4O8/c1-19(2)16-24(33-27(36)18-42-26-7-5-4-6-20(26)3)29(38)34-25(30(39)40)17-21-8-10-23(11-9-21)43-31(41)35-14-12-22(13-15-35)28(32)37/h4-11,19,22,24-25H,12-18H2,1-3H3,(H2,32,37)(H,33,36)(H,34,38)(H,39,40). The van der Waals surface area contributed by atoms with Gasteiger partial charge in [-0.3, -0.25) is 14.4 Å². The Labute approximate surface area is 250 Å². The second kappa shape index (κ2) is 15.6. The van der Waals surface area contributed by atoms with Crippen molar-refractivity contribution < 1.29 is 38.6 Å². The molecule has 0 radical (unpaired) electrons. The zero-order chi connectivity index (χ0) is 31.5. The summed E-state index contributed by atoms with van der Waals surface area (Å²) in [6, 6.07) is 11.3. The van der Waals surface area contributed by atoms with E-state index in [0.29, 0.717) is 43.7 Å². The summed E-state index contributed by atoms with van der Waals surface area (Å²) in [5.74, 6) is -2.10. The van der Waals surface area contributed by atoms with Crippen molar-refractivity contribution in [1.29, 1.82) is 0 Å². The maximum absolute atomic E-state index is 13.1. The lowest BCUT2D eigenvalue weighted by molar-refractivity contribution is -0.142. The molecule has 12 heteroatoms. The van der Waals surface area contributed by atoms with Crippen LogP contribution in [0.25, 0.3) is 0 Å². The monoisotopic (exact) mass is 596 g/mol. The minimum Gasteiger partial charge on any atom is -0.484 e. The number of primary amides is 1. The van der Waals surface area contributed by atoms with Gasteiger partial charge in [-0.1, -0.05) is 44.2 Å². The van der Waals surface area contributed by atoms with E-state index in [1.54, 1.807) is 36.4 Å². The Kier molecular flexibility index (Phi) is 11.9. The number of aryl methyl sites for hydroxylation is 1. The highest BCUT2D eigenvalue weighted by atomic mass is 16.6. The normalized spacial score (nSPS) is 14.8. The molecule has 1 aliphatic rings. The van der Waals surface area contributed by atoms with E-state index in [4.69, 9.17) is 15.2 Å². The molecule has 2 atom stereocenters. The van der Waals surface area contributed by atoms with Crippen molar-refractivity contribution in [3.05, 3.63) is 59.7 Å². The van der Waals surface area contributed by atoms with E-state index in [1.807, 2.05) is 32.9 Å². The largest absolute Gasteiger partial charge is 0.484 e. The van der Waals surface area contributed by atoms with Crippen molar-refractivity contribution in [2.24, 2.45) is 17.6 Å². The first-order chi connectivity index (χ1) is 20.4. The topological polar surface area (TPSA) is 177 Å². The third kappa shape index (κ3) is 10.3. The number of nitrogens with zero attached hydrogens (tertiary/aromatic N) is 1. The Hall–Kier alpha value is -4.61. The molecule has 43 heavy (non-hydrogen) atoms.